The minimum absolute atomic E-state index is 0.256. The molecule has 3 aromatic rings. The Hall–Kier alpha value is -3.85. The number of amides is 1. The van der Waals surface area contributed by atoms with Crippen molar-refractivity contribution in [2.75, 3.05) is 17.2 Å². The fraction of sp³-hybridized carbons (Fsp3) is 0.227. The number of aromatic nitrogens is 3. The highest BCUT2D eigenvalue weighted by atomic mass is 16.5. The van der Waals surface area contributed by atoms with Gasteiger partial charge in [-0.15, -0.1) is 0 Å². The fourth-order valence-corrected chi connectivity index (χ4v) is 3.10. The molecule has 0 saturated carbocycles. The van der Waals surface area contributed by atoms with Crippen molar-refractivity contribution < 1.29 is 19.4 Å². The second-order valence-electron chi connectivity index (χ2n) is 7.50. The number of esters is 1. The summed E-state index contributed by atoms with van der Waals surface area (Å²) in [5.74, 6) is -0.0455. The highest BCUT2D eigenvalue weighted by Crippen LogP contribution is 2.36. The van der Waals surface area contributed by atoms with Crippen molar-refractivity contribution in [3.05, 3.63) is 59.5 Å². The van der Waals surface area contributed by atoms with Crippen molar-refractivity contribution in [3.63, 3.8) is 0 Å². The van der Waals surface area contributed by atoms with Crippen molar-refractivity contribution in [3.8, 4) is 11.3 Å². The zero-order valence-electron chi connectivity index (χ0n) is 17.3. The van der Waals surface area contributed by atoms with Crippen LogP contribution in [0.1, 0.15) is 47.2 Å². The third-order valence-electron chi connectivity index (χ3n) is 4.70. The van der Waals surface area contributed by atoms with Gasteiger partial charge in [-0.2, -0.15) is 0 Å². The molecule has 1 amide bonds. The lowest BCUT2D eigenvalue weighted by atomic mass is 10.0. The summed E-state index contributed by atoms with van der Waals surface area (Å²) in [5, 5.41) is 15.9. The zero-order valence-corrected chi connectivity index (χ0v) is 17.3. The Balaban J connectivity index is 1.68. The van der Waals surface area contributed by atoms with Gasteiger partial charge in [-0.1, -0.05) is 0 Å². The van der Waals surface area contributed by atoms with Crippen LogP contribution in [0.4, 0.5) is 17.3 Å². The smallest absolute Gasteiger partial charge is 0.338 e. The van der Waals surface area contributed by atoms with Crippen LogP contribution in [0.15, 0.2) is 42.7 Å². The van der Waals surface area contributed by atoms with Gasteiger partial charge >= 0.3 is 5.97 Å². The van der Waals surface area contributed by atoms with Gasteiger partial charge in [0.25, 0.3) is 5.91 Å². The molecule has 0 unspecified atom stereocenters. The maximum atomic E-state index is 12.1. The molecule has 3 aromatic heterocycles. The maximum absolute atomic E-state index is 12.1. The SMILES string of the molecule is CCOC(=O)c1ccnc(Nc2nc(-c3ccc(C(C)(C)O)nc3)cc3c2C(=O)N3)c1. The van der Waals surface area contributed by atoms with Gasteiger partial charge in [0.2, 0.25) is 0 Å². The summed E-state index contributed by atoms with van der Waals surface area (Å²) in [6, 6.07) is 8.37. The van der Waals surface area contributed by atoms with E-state index >= 15 is 0 Å². The molecular formula is C22H21N5O4. The number of pyridine rings is 3. The van der Waals surface area contributed by atoms with E-state index in [1.54, 1.807) is 51.2 Å². The topological polar surface area (TPSA) is 126 Å². The highest BCUT2D eigenvalue weighted by molar-refractivity contribution is 6.21. The number of anilines is 3. The summed E-state index contributed by atoms with van der Waals surface area (Å²) in [6.45, 7) is 5.32. The van der Waals surface area contributed by atoms with Gasteiger partial charge in [0.15, 0.2) is 0 Å². The third-order valence-corrected chi connectivity index (χ3v) is 4.70. The molecule has 0 fully saturated rings. The molecule has 9 nitrogen and oxygen atoms in total. The van der Waals surface area contributed by atoms with E-state index in [1.165, 1.54) is 12.3 Å². The Morgan fingerprint density at radius 2 is 2.03 bits per heavy atom. The first-order valence-corrected chi connectivity index (χ1v) is 9.72. The predicted octanol–water partition coefficient (Wildman–Crippen LogP) is 3.25. The fourth-order valence-electron chi connectivity index (χ4n) is 3.10. The van der Waals surface area contributed by atoms with Gasteiger partial charge in [0.1, 0.15) is 22.8 Å². The van der Waals surface area contributed by atoms with Gasteiger partial charge in [0, 0.05) is 18.0 Å². The van der Waals surface area contributed by atoms with Crippen LogP contribution < -0.4 is 10.6 Å². The van der Waals surface area contributed by atoms with Crippen LogP contribution in [-0.2, 0) is 10.3 Å². The minimum Gasteiger partial charge on any atom is -0.462 e. The normalized spacial score (nSPS) is 12.5. The minimum atomic E-state index is -1.05. The van der Waals surface area contributed by atoms with Gasteiger partial charge in [-0.25, -0.2) is 14.8 Å². The molecule has 0 bridgehead atoms. The maximum Gasteiger partial charge on any atom is 0.338 e. The quantitative estimate of drug-likeness (QED) is 0.520. The summed E-state index contributed by atoms with van der Waals surface area (Å²) in [4.78, 5) is 37.2. The summed E-state index contributed by atoms with van der Waals surface area (Å²) in [5.41, 5.74) is 2.16. The number of nitrogens with zero attached hydrogens (tertiary/aromatic N) is 3. The molecule has 0 atom stereocenters. The van der Waals surface area contributed by atoms with Crippen LogP contribution >= 0.6 is 0 Å². The third kappa shape index (κ3) is 4.08. The summed E-state index contributed by atoms with van der Waals surface area (Å²) in [7, 11) is 0. The number of nitrogens with one attached hydrogen (secondary N) is 2. The van der Waals surface area contributed by atoms with Crippen LogP contribution in [0.25, 0.3) is 11.3 Å². The highest BCUT2D eigenvalue weighted by Gasteiger charge is 2.29. The molecule has 31 heavy (non-hydrogen) atoms. The van der Waals surface area contributed by atoms with Crippen LogP contribution in [0.3, 0.4) is 0 Å². The van der Waals surface area contributed by atoms with Crippen LogP contribution in [-0.4, -0.2) is 38.5 Å². The lowest BCUT2D eigenvalue weighted by molar-refractivity contribution is 0.0526. The Bertz CT molecular complexity index is 1170. The number of ether oxygens (including phenoxy) is 1. The number of carbonyl (C=O) groups is 2. The first-order chi connectivity index (χ1) is 14.8. The van der Waals surface area contributed by atoms with Gasteiger partial charge < -0.3 is 20.5 Å². The standard InChI is InChI=1S/C22H21N5O4/c1-4-31-21(29)12-7-8-23-17(9-12)27-19-18-15(26-20(18)28)10-14(25-19)13-5-6-16(24-11-13)22(2,3)30/h5-11,30H,4H2,1-3H3,(H,26,28)(H,23,25,27). The first-order valence-electron chi connectivity index (χ1n) is 9.72. The number of aliphatic hydroxyl groups is 1. The molecule has 0 spiro atoms. The predicted molar refractivity (Wildman–Crippen MR) is 114 cm³/mol. The van der Waals surface area contributed by atoms with Crippen molar-refractivity contribution >= 4 is 29.2 Å². The van der Waals surface area contributed by atoms with E-state index in [0.717, 1.165) is 0 Å². The summed E-state index contributed by atoms with van der Waals surface area (Å²) in [6.07, 6.45) is 3.09. The largest absolute Gasteiger partial charge is 0.462 e. The van der Waals surface area contributed by atoms with E-state index in [1.807, 2.05) is 0 Å². The lowest BCUT2D eigenvalue weighted by Crippen LogP contribution is -2.27. The molecule has 4 rings (SSSR count). The van der Waals surface area contributed by atoms with Crippen LogP contribution in [0.2, 0.25) is 0 Å². The van der Waals surface area contributed by atoms with Crippen LogP contribution in [0, 0.1) is 0 Å². The van der Waals surface area contributed by atoms with Crippen molar-refractivity contribution in [1.82, 2.24) is 15.0 Å². The van der Waals surface area contributed by atoms with E-state index in [0.29, 0.717) is 45.4 Å². The molecule has 158 valence electrons. The molecule has 0 aliphatic carbocycles. The zero-order chi connectivity index (χ0) is 22.2. The van der Waals surface area contributed by atoms with E-state index in [-0.39, 0.29) is 12.5 Å². The van der Waals surface area contributed by atoms with E-state index in [2.05, 4.69) is 25.6 Å². The van der Waals surface area contributed by atoms with Gasteiger partial charge in [-0.05, 0) is 51.1 Å². The van der Waals surface area contributed by atoms with Crippen molar-refractivity contribution in [2.24, 2.45) is 0 Å². The van der Waals surface area contributed by atoms with Crippen molar-refractivity contribution in [2.45, 2.75) is 26.4 Å². The Labute approximate surface area is 178 Å². The number of hydrogen-bond acceptors (Lipinski definition) is 8. The lowest BCUT2D eigenvalue weighted by Gasteiger charge is -2.23. The van der Waals surface area contributed by atoms with E-state index in [9.17, 15) is 14.7 Å². The number of hydrogen-bond donors (Lipinski definition) is 3. The molecule has 4 heterocycles. The molecule has 3 N–H and O–H groups in total. The molecular weight excluding hydrogens is 398 g/mol. The van der Waals surface area contributed by atoms with Crippen LogP contribution in [0.5, 0.6) is 0 Å². The molecule has 9 heteroatoms. The Morgan fingerprint density at radius 3 is 2.68 bits per heavy atom. The van der Waals surface area contributed by atoms with Crippen molar-refractivity contribution in [1.29, 1.82) is 0 Å². The Morgan fingerprint density at radius 1 is 1.23 bits per heavy atom. The summed E-state index contributed by atoms with van der Waals surface area (Å²) < 4.78 is 5.02. The number of rotatable bonds is 6. The molecule has 0 aromatic carbocycles. The number of fused-ring (bicyclic) bond motifs is 1. The average molecular weight is 419 g/mol. The molecule has 0 radical (unpaired) electrons. The van der Waals surface area contributed by atoms with Gasteiger partial charge in [0.05, 0.1) is 29.2 Å². The van der Waals surface area contributed by atoms with E-state index in [4.69, 9.17) is 4.74 Å². The average Bonchev–Trinajstić information content (AvgIpc) is 2.72. The number of carbonyl (C=O) groups excluding carboxylic acids is 2. The molecule has 1 aliphatic heterocycles. The molecule has 1 aliphatic rings. The van der Waals surface area contributed by atoms with E-state index < -0.39 is 11.6 Å². The summed E-state index contributed by atoms with van der Waals surface area (Å²) >= 11 is 0. The Kier molecular flexibility index (Phi) is 5.12. The second-order valence-corrected chi connectivity index (χ2v) is 7.50. The second kappa shape index (κ2) is 7.77. The monoisotopic (exact) mass is 419 g/mol. The first kappa shape index (κ1) is 20.4. The van der Waals surface area contributed by atoms with Gasteiger partial charge in [-0.3, -0.25) is 9.78 Å². The molecule has 0 saturated heterocycles.